The van der Waals surface area contributed by atoms with Gasteiger partial charge in [0, 0.05) is 4.47 Å². The van der Waals surface area contributed by atoms with Crippen LogP contribution in [-0.2, 0) is 4.74 Å². The van der Waals surface area contributed by atoms with Gasteiger partial charge in [0.1, 0.15) is 23.6 Å². The Kier molecular flexibility index (Phi) is 5.63. The fourth-order valence-electron chi connectivity index (χ4n) is 1.20. The second-order valence-corrected chi connectivity index (χ2v) is 4.19. The van der Waals surface area contributed by atoms with E-state index in [9.17, 15) is 9.18 Å². The van der Waals surface area contributed by atoms with Gasteiger partial charge in [-0.25, -0.2) is 9.18 Å². The van der Waals surface area contributed by atoms with Crippen molar-refractivity contribution in [3.63, 3.8) is 0 Å². The molecule has 0 bridgehead atoms. The summed E-state index contributed by atoms with van der Waals surface area (Å²) in [6.45, 7) is 1.81. The van der Waals surface area contributed by atoms with Crippen molar-refractivity contribution < 1.29 is 13.9 Å². The number of rotatable bonds is 4. The summed E-state index contributed by atoms with van der Waals surface area (Å²) >= 11 is 3.07. The van der Waals surface area contributed by atoms with E-state index in [-0.39, 0.29) is 22.3 Å². The summed E-state index contributed by atoms with van der Waals surface area (Å²) in [6, 6.07) is 5.36. The van der Waals surface area contributed by atoms with Gasteiger partial charge < -0.3 is 4.74 Å². The van der Waals surface area contributed by atoms with Gasteiger partial charge in [-0.05, 0) is 35.0 Å². The molecule has 0 aromatic heterocycles. The van der Waals surface area contributed by atoms with Crippen molar-refractivity contribution in [1.82, 2.24) is 0 Å². The zero-order valence-electron chi connectivity index (χ0n) is 10.3. The van der Waals surface area contributed by atoms with E-state index in [0.29, 0.717) is 0 Å². The van der Waals surface area contributed by atoms with Gasteiger partial charge in [0.2, 0.25) is 5.71 Å². The highest BCUT2D eigenvalue weighted by molar-refractivity contribution is 9.10. The lowest BCUT2D eigenvalue weighted by Gasteiger charge is -2.08. The van der Waals surface area contributed by atoms with E-state index in [1.165, 1.54) is 18.2 Å². The molecule has 0 aliphatic rings. The van der Waals surface area contributed by atoms with Crippen LogP contribution in [0, 0.1) is 28.5 Å². The van der Waals surface area contributed by atoms with Crippen LogP contribution in [-0.4, -0.2) is 18.3 Å². The average molecular weight is 339 g/mol. The number of esters is 1. The first kappa shape index (κ1) is 15.6. The predicted octanol–water partition coefficient (Wildman–Crippen LogP) is 2.58. The SMILES string of the molecule is CCOC(=O)c1cc(F)c(NN=C(C#N)C#N)c(Br)c1. The van der Waals surface area contributed by atoms with E-state index in [4.69, 9.17) is 15.3 Å². The summed E-state index contributed by atoms with van der Waals surface area (Å²) in [5.41, 5.74) is 1.73. The number of carbonyl (C=O) groups is 1. The Morgan fingerprint density at radius 3 is 2.65 bits per heavy atom. The Balaban J connectivity index is 3.08. The largest absolute Gasteiger partial charge is 0.462 e. The first-order chi connectivity index (χ1) is 9.53. The summed E-state index contributed by atoms with van der Waals surface area (Å²) in [5, 5.41) is 20.4. The maximum atomic E-state index is 13.8. The standard InChI is InChI=1S/C12H8BrFN4O2/c1-2-20-12(19)7-3-9(13)11(10(14)4-7)18-17-8(5-15)6-16/h3-4,18H,2H2,1H3. The molecule has 0 amide bonds. The topological polar surface area (TPSA) is 98.3 Å². The van der Waals surface area contributed by atoms with Crippen LogP contribution in [0.15, 0.2) is 21.7 Å². The van der Waals surface area contributed by atoms with Gasteiger partial charge >= 0.3 is 5.97 Å². The van der Waals surface area contributed by atoms with E-state index < -0.39 is 17.5 Å². The molecule has 8 heteroatoms. The fraction of sp³-hybridized carbons (Fsp3) is 0.167. The van der Waals surface area contributed by atoms with E-state index in [1.807, 2.05) is 0 Å². The van der Waals surface area contributed by atoms with Crippen molar-refractivity contribution >= 4 is 33.3 Å². The number of nitrogens with zero attached hydrogens (tertiary/aromatic N) is 3. The van der Waals surface area contributed by atoms with Gasteiger partial charge in [0.25, 0.3) is 0 Å². The number of hydrogen-bond donors (Lipinski definition) is 1. The molecule has 0 atom stereocenters. The number of carbonyl (C=O) groups excluding carboxylic acids is 1. The molecule has 0 aliphatic heterocycles. The maximum Gasteiger partial charge on any atom is 0.338 e. The van der Waals surface area contributed by atoms with Gasteiger partial charge in [-0.3, -0.25) is 5.43 Å². The molecule has 0 saturated heterocycles. The van der Waals surface area contributed by atoms with Crippen molar-refractivity contribution in [2.45, 2.75) is 6.92 Å². The summed E-state index contributed by atoms with van der Waals surface area (Å²) < 4.78 is 18.8. The fourth-order valence-corrected chi connectivity index (χ4v) is 1.72. The molecule has 1 rings (SSSR count). The lowest BCUT2D eigenvalue weighted by molar-refractivity contribution is 0.0526. The van der Waals surface area contributed by atoms with E-state index in [1.54, 1.807) is 6.92 Å². The van der Waals surface area contributed by atoms with Crippen molar-refractivity contribution in [2.75, 3.05) is 12.0 Å². The third kappa shape index (κ3) is 3.77. The Bertz CT molecular complexity index is 607. The Labute approximate surface area is 122 Å². The van der Waals surface area contributed by atoms with Crippen LogP contribution in [0.1, 0.15) is 17.3 Å². The second-order valence-electron chi connectivity index (χ2n) is 3.33. The smallest absolute Gasteiger partial charge is 0.338 e. The lowest BCUT2D eigenvalue weighted by Crippen LogP contribution is -2.07. The molecule has 20 heavy (non-hydrogen) atoms. The zero-order chi connectivity index (χ0) is 15.1. The molecule has 1 aromatic rings. The zero-order valence-corrected chi connectivity index (χ0v) is 11.9. The van der Waals surface area contributed by atoms with E-state index in [0.717, 1.165) is 6.07 Å². The van der Waals surface area contributed by atoms with Crippen LogP contribution in [0.5, 0.6) is 0 Å². The van der Waals surface area contributed by atoms with Gasteiger partial charge in [-0.2, -0.15) is 15.6 Å². The number of nitrogens with one attached hydrogen (secondary N) is 1. The Morgan fingerprint density at radius 1 is 1.50 bits per heavy atom. The number of hydrogen-bond acceptors (Lipinski definition) is 6. The molecular formula is C12H8BrFN4O2. The molecule has 0 unspecified atom stereocenters. The van der Waals surface area contributed by atoms with Crippen LogP contribution in [0.25, 0.3) is 0 Å². The van der Waals surface area contributed by atoms with Gasteiger partial charge in [-0.15, -0.1) is 0 Å². The third-order valence-electron chi connectivity index (χ3n) is 2.04. The monoisotopic (exact) mass is 338 g/mol. The average Bonchev–Trinajstić information content (AvgIpc) is 2.42. The highest BCUT2D eigenvalue weighted by atomic mass is 79.9. The third-order valence-corrected chi connectivity index (χ3v) is 2.67. The Hall–Kier alpha value is -2.45. The van der Waals surface area contributed by atoms with Crippen LogP contribution in [0.2, 0.25) is 0 Å². The predicted molar refractivity (Wildman–Crippen MR) is 72.3 cm³/mol. The molecule has 0 fully saturated rings. The number of ether oxygens (including phenoxy) is 1. The molecule has 6 nitrogen and oxygen atoms in total. The molecular weight excluding hydrogens is 331 g/mol. The molecule has 0 heterocycles. The summed E-state index contributed by atoms with van der Waals surface area (Å²) in [6.07, 6.45) is 0. The number of halogens is 2. The van der Waals surface area contributed by atoms with Crippen LogP contribution >= 0.6 is 15.9 Å². The minimum Gasteiger partial charge on any atom is -0.462 e. The Morgan fingerprint density at radius 2 is 2.15 bits per heavy atom. The number of nitriles is 2. The molecule has 0 spiro atoms. The van der Waals surface area contributed by atoms with Crippen LogP contribution in [0.4, 0.5) is 10.1 Å². The molecule has 1 N–H and O–H groups in total. The molecule has 102 valence electrons. The summed E-state index contributed by atoms with van der Waals surface area (Å²) in [7, 11) is 0. The first-order valence-corrected chi connectivity index (χ1v) is 6.12. The number of benzene rings is 1. The second kappa shape index (κ2) is 7.22. The molecule has 0 saturated carbocycles. The normalized spacial score (nSPS) is 9.05. The van der Waals surface area contributed by atoms with Gasteiger partial charge in [0.15, 0.2) is 0 Å². The molecule has 1 aromatic carbocycles. The lowest BCUT2D eigenvalue weighted by atomic mass is 10.2. The maximum absolute atomic E-state index is 13.8. The highest BCUT2D eigenvalue weighted by Gasteiger charge is 2.14. The van der Waals surface area contributed by atoms with E-state index >= 15 is 0 Å². The minimum absolute atomic E-state index is 0.0338. The van der Waals surface area contributed by atoms with Crippen molar-refractivity contribution in [2.24, 2.45) is 5.10 Å². The van der Waals surface area contributed by atoms with E-state index in [2.05, 4.69) is 26.5 Å². The summed E-state index contributed by atoms with van der Waals surface area (Å²) in [5.74, 6) is -1.43. The van der Waals surface area contributed by atoms with Crippen molar-refractivity contribution in [3.05, 3.63) is 28.0 Å². The van der Waals surface area contributed by atoms with Crippen LogP contribution < -0.4 is 5.43 Å². The minimum atomic E-state index is -0.776. The van der Waals surface area contributed by atoms with Gasteiger partial charge in [-0.1, -0.05) is 0 Å². The van der Waals surface area contributed by atoms with Crippen LogP contribution in [0.3, 0.4) is 0 Å². The van der Waals surface area contributed by atoms with Crippen molar-refractivity contribution in [3.8, 4) is 12.1 Å². The summed E-state index contributed by atoms with van der Waals surface area (Å²) in [4.78, 5) is 11.5. The quantitative estimate of drug-likeness (QED) is 0.516. The first-order valence-electron chi connectivity index (χ1n) is 5.33. The number of anilines is 1. The molecule has 0 radical (unpaired) electrons. The van der Waals surface area contributed by atoms with Gasteiger partial charge in [0.05, 0.1) is 12.2 Å². The molecule has 0 aliphatic carbocycles. The van der Waals surface area contributed by atoms with Crippen molar-refractivity contribution in [1.29, 1.82) is 10.5 Å². The highest BCUT2D eigenvalue weighted by Crippen LogP contribution is 2.27. The number of hydrazone groups is 1.